The zero-order valence-electron chi connectivity index (χ0n) is 12.1. The molecule has 1 atom stereocenters. The first kappa shape index (κ1) is 13.8. The normalized spacial score (nSPS) is 28.4. The summed E-state index contributed by atoms with van der Waals surface area (Å²) in [5.74, 6) is 0.258. The number of rotatable bonds is 0. The SMILES string of the molecule is CC1CNCC2(CCN(C(=O)C(C)(C)C)CC2)O1. The van der Waals surface area contributed by atoms with Crippen molar-refractivity contribution in [2.45, 2.75) is 52.2 Å². The number of carbonyl (C=O) groups excluding carboxylic acids is 1. The molecule has 0 aliphatic carbocycles. The average Bonchev–Trinajstić information content (AvgIpc) is 2.28. The molecule has 0 radical (unpaired) electrons. The minimum Gasteiger partial charge on any atom is -0.369 e. The Labute approximate surface area is 110 Å². The van der Waals surface area contributed by atoms with Gasteiger partial charge in [-0.25, -0.2) is 0 Å². The van der Waals surface area contributed by atoms with Crippen LogP contribution in [0.25, 0.3) is 0 Å². The fourth-order valence-electron chi connectivity index (χ4n) is 2.90. The highest BCUT2D eigenvalue weighted by Crippen LogP contribution is 2.31. The van der Waals surface area contributed by atoms with Gasteiger partial charge in [-0.05, 0) is 19.8 Å². The molecule has 0 bridgehead atoms. The van der Waals surface area contributed by atoms with E-state index in [1.165, 1.54) is 0 Å². The number of piperidine rings is 1. The van der Waals surface area contributed by atoms with Gasteiger partial charge in [0.15, 0.2) is 0 Å². The Bertz CT molecular complexity index is 314. The van der Waals surface area contributed by atoms with Gasteiger partial charge in [-0.1, -0.05) is 20.8 Å². The number of likely N-dealkylation sites (tertiary alicyclic amines) is 1. The van der Waals surface area contributed by atoms with Crippen molar-refractivity contribution >= 4 is 5.91 Å². The summed E-state index contributed by atoms with van der Waals surface area (Å²) in [6, 6.07) is 0. The third kappa shape index (κ3) is 2.86. The first-order chi connectivity index (χ1) is 8.32. The van der Waals surface area contributed by atoms with Crippen molar-refractivity contribution in [1.82, 2.24) is 10.2 Å². The summed E-state index contributed by atoms with van der Waals surface area (Å²) in [5.41, 5.74) is -0.310. The van der Waals surface area contributed by atoms with Crippen LogP contribution in [0.4, 0.5) is 0 Å². The number of morpholine rings is 1. The number of amides is 1. The number of carbonyl (C=O) groups is 1. The Morgan fingerprint density at radius 3 is 2.44 bits per heavy atom. The molecule has 18 heavy (non-hydrogen) atoms. The fourth-order valence-corrected chi connectivity index (χ4v) is 2.90. The van der Waals surface area contributed by atoms with E-state index in [0.29, 0.717) is 0 Å². The van der Waals surface area contributed by atoms with E-state index in [9.17, 15) is 4.79 Å². The Hall–Kier alpha value is -0.610. The zero-order valence-corrected chi connectivity index (χ0v) is 12.1. The molecule has 2 aliphatic rings. The topological polar surface area (TPSA) is 41.6 Å². The van der Waals surface area contributed by atoms with Crippen LogP contribution in [0.5, 0.6) is 0 Å². The summed E-state index contributed by atoms with van der Waals surface area (Å²) in [5, 5.41) is 3.44. The highest BCUT2D eigenvalue weighted by molar-refractivity contribution is 5.81. The minimum absolute atomic E-state index is 0.0354. The number of hydrogen-bond acceptors (Lipinski definition) is 3. The Kier molecular flexibility index (Phi) is 3.70. The van der Waals surface area contributed by atoms with Gasteiger partial charge in [0.2, 0.25) is 5.91 Å². The summed E-state index contributed by atoms with van der Waals surface area (Å²) in [7, 11) is 0. The van der Waals surface area contributed by atoms with E-state index in [1.54, 1.807) is 0 Å². The van der Waals surface area contributed by atoms with Crippen LogP contribution in [-0.4, -0.2) is 48.7 Å². The molecule has 1 N–H and O–H groups in total. The summed E-state index contributed by atoms with van der Waals surface area (Å²) >= 11 is 0. The van der Waals surface area contributed by atoms with Gasteiger partial charge in [0.1, 0.15) is 0 Å². The van der Waals surface area contributed by atoms with Crippen LogP contribution in [0.1, 0.15) is 40.5 Å². The van der Waals surface area contributed by atoms with Gasteiger partial charge < -0.3 is 15.0 Å². The smallest absolute Gasteiger partial charge is 0.227 e. The van der Waals surface area contributed by atoms with Crippen molar-refractivity contribution < 1.29 is 9.53 Å². The van der Waals surface area contributed by atoms with Gasteiger partial charge in [0.25, 0.3) is 0 Å². The summed E-state index contributed by atoms with van der Waals surface area (Å²) in [6.45, 7) is 11.6. The van der Waals surface area contributed by atoms with Crippen molar-refractivity contribution in [1.29, 1.82) is 0 Å². The number of hydrogen-bond donors (Lipinski definition) is 1. The molecule has 2 rings (SSSR count). The molecule has 2 saturated heterocycles. The van der Waals surface area contributed by atoms with E-state index >= 15 is 0 Å². The van der Waals surface area contributed by atoms with Crippen LogP contribution >= 0.6 is 0 Å². The lowest BCUT2D eigenvalue weighted by Gasteiger charge is -2.47. The number of nitrogens with one attached hydrogen (secondary N) is 1. The third-order valence-electron chi connectivity index (χ3n) is 3.93. The van der Waals surface area contributed by atoms with Crippen LogP contribution in [0.2, 0.25) is 0 Å². The first-order valence-electron chi connectivity index (χ1n) is 7.00. The van der Waals surface area contributed by atoms with E-state index < -0.39 is 0 Å². The molecule has 1 amide bonds. The lowest BCUT2D eigenvalue weighted by molar-refractivity contribution is -0.155. The van der Waals surface area contributed by atoms with E-state index in [2.05, 4.69) is 12.2 Å². The predicted octanol–water partition coefficient (Wildman–Crippen LogP) is 1.40. The third-order valence-corrected chi connectivity index (χ3v) is 3.93. The van der Waals surface area contributed by atoms with E-state index in [4.69, 9.17) is 4.74 Å². The highest BCUT2D eigenvalue weighted by Gasteiger charge is 2.41. The maximum atomic E-state index is 12.2. The molecule has 4 nitrogen and oxygen atoms in total. The Morgan fingerprint density at radius 1 is 1.33 bits per heavy atom. The molecule has 104 valence electrons. The van der Waals surface area contributed by atoms with Crippen LogP contribution in [0.15, 0.2) is 0 Å². The van der Waals surface area contributed by atoms with Gasteiger partial charge in [-0.15, -0.1) is 0 Å². The van der Waals surface area contributed by atoms with Gasteiger partial charge in [0.05, 0.1) is 11.7 Å². The maximum absolute atomic E-state index is 12.2. The van der Waals surface area contributed by atoms with Gasteiger partial charge in [-0.3, -0.25) is 4.79 Å². The highest BCUT2D eigenvalue weighted by atomic mass is 16.5. The largest absolute Gasteiger partial charge is 0.369 e. The van der Waals surface area contributed by atoms with Crippen molar-refractivity contribution in [3.8, 4) is 0 Å². The monoisotopic (exact) mass is 254 g/mol. The molecule has 1 spiro atoms. The second kappa shape index (κ2) is 4.82. The molecule has 2 fully saturated rings. The van der Waals surface area contributed by atoms with Crippen molar-refractivity contribution in [3.63, 3.8) is 0 Å². The summed E-state index contributed by atoms with van der Waals surface area (Å²) < 4.78 is 6.13. The second-order valence-corrected chi connectivity index (χ2v) is 6.78. The van der Waals surface area contributed by atoms with Crippen molar-refractivity contribution in [2.75, 3.05) is 26.2 Å². The molecule has 2 aliphatic heterocycles. The quantitative estimate of drug-likeness (QED) is 0.710. The second-order valence-electron chi connectivity index (χ2n) is 6.78. The first-order valence-corrected chi connectivity index (χ1v) is 7.00. The molecule has 1 unspecified atom stereocenters. The van der Waals surface area contributed by atoms with E-state index in [0.717, 1.165) is 39.0 Å². The molecular formula is C14H26N2O2. The van der Waals surface area contributed by atoms with Crippen LogP contribution in [0, 0.1) is 5.41 Å². The van der Waals surface area contributed by atoms with Crippen LogP contribution in [-0.2, 0) is 9.53 Å². The average molecular weight is 254 g/mol. The standard InChI is InChI=1S/C14H26N2O2/c1-11-9-15-10-14(18-11)5-7-16(8-6-14)12(17)13(2,3)4/h11,15H,5-10H2,1-4H3. The van der Waals surface area contributed by atoms with Gasteiger partial charge in [0, 0.05) is 31.6 Å². The molecular weight excluding hydrogens is 228 g/mol. The Morgan fingerprint density at radius 2 is 1.94 bits per heavy atom. The van der Waals surface area contributed by atoms with Gasteiger partial charge >= 0.3 is 0 Å². The van der Waals surface area contributed by atoms with Crippen LogP contribution < -0.4 is 5.32 Å². The van der Waals surface area contributed by atoms with Crippen molar-refractivity contribution in [2.24, 2.45) is 5.41 Å². The summed E-state index contributed by atoms with van der Waals surface area (Å²) in [4.78, 5) is 14.2. The number of ether oxygens (including phenoxy) is 1. The van der Waals surface area contributed by atoms with E-state index in [1.807, 2.05) is 25.7 Å². The molecule has 0 aromatic heterocycles. The minimum atomic E-state index is -0.274. The molecule has 2 heterocycles. The lowest BCUT2D eigenvalue weighted by Crippen LogP contribution is -2.59. The number of nitrogens with zero attached hydrogens (tertiary/aromatic N) is 1. The van der Waals surface area contributed by atoms with Crippen molar-refractivity contribution in [3.05, 3.63) is 0 Å². The zero-order chi connectivity index (χ0) is 13.4. The predicted molar refractivity (Wildman–Crippen MR) is 71.4 cm³/mol. The molecule has 0 aromatic carbocycles. The molecule has 0 saturated carbocycles. The lowest BCUT2D eigenvalue weighted by atomic mass is 9.87. The Balaban J connectivity index is 1.93. The molecule has 4 heteroatoms. The van der Waals surface area contributed by atoms with E-state index in [-0.39, 0.29) is 23.0 Å². The maximum Gasteiger partial charge on any atom is 0.227 e. The molecule has 0 aromatic rings. The van der Waals surface area contributed by atoms with Gasteiger partial charge in [-0.2, -0.15) is 0 Å². The van der Waals surface area contributed by atoms with Crippen LogP contribution in [0.3, 0.4) is 0 Å². The fraction of sp³-hybridized carbons (Fsp3) is 0.929. The summed E-state index contributed by atoms with van der Waals surface area (Å²) in [6.07, 6.45) is 2.18.